The van der Waals surface area contributed by atoms with Crippen molar-refractivity contribution in [2.45, 2.75) is 51.7 Å². The van der Waals surface area contributed by atoms with Gasteiger partial charge >= 0.3 is 0 Å². The number of hydrogen-bond acceptors (Lipinski definition) is 4. The molecule has 1 heterocycles. The molecule has 0 aromatic carbocycles. The maximum absolute atomic E-state index is 12.3. The zero-order valence-corrected chi connectivity index (χ0v) is 11.1. The lowest BCUT2D eigenvalue weighted by molar-refractivity contribution is -0.148. The van der Waals surface area contributed by atoms with E-state index in [1.807, 2.05) is 13.8 Å². The molecule has 1 saturated heterocycles. The maximum Gasteiger partial charge on any atom is 0.251 e. The first kappa shape index (κ1) is 14.8. The molecular formula is C12H23N3O3. The van der Waals surface area contributed by atoms with Crippen molar-refractivity contribution in [3.05, 3.63) is 0 Å². The Labute approximate surface area is 108 Å². The third kappa shape index (κ3) is 4.18. The Bertz CT molecular complexity index is 299. The van der Waals surface area contributed by atoms with Gasteiger partial charge in [0.15, 0.2) is 0 Å². The number of ether oxygens (including phenoxy) is 1. The number of amides is 1. The molecule has 1 atom stereocenters. The number of carbonyl (C=O) groups is 1. The van der Waals surface area contributed by atoms with E-state index in [4.69, 9.17) is 15.7 Å². The van der Waals surface area contributed by atoms with Gasteiger partial charge in [-0.05, 0) is 33.1 Å². The topological polar surface area (TPSA) is 88.1 Å². The van der Waals surface area contributed by atoms with E-state index < -0.39 is 0 Å². The van der Waals surface area contributed by atoms with Gasteiger partial charge < -0.3 is 20.6 Å². The molecule has 1 amide bonds. The van der Waals surface area contributed by atoms with Crippen molar-refractivity contribution in [3.8, 4) is 0 Å². The number of rotatable bonds is 5. The first-order valence-electron chi connectivity index (χ1n) is 6.44. The summed E-state index contributed by atoms with van der Waals surface area (Å²) in [6.07, 6.45) is 2.88. The van der Waals surface area contributed by atoms with Gasteiger partial charge in [-0.15, -0.1) is 0 Å². The molecule has 1 aliphatic heterocycles. The lowest BCUT2D eigenvalue weighted by Crippen LogP contribution is -2.46. The fraction of sp³-hybridized carbons (Fsp3) is 0.833. The minimum absolute atomic E-state index is 0.00967. The Morgan fingerprint density at radius 3 is 2.78 bits per heavy atom. The summed E-state index contributed by atoms with van der Waals surface area (Å²) in [5, 5.41) is 11.4. The van der Waals surface area contributed by atoms with Crippen LogP contribution in [0.3, 0.4) is 0 Å². The molecule has 1 unspecified atom stereocenters. The first-order chi connectivity index (χ1) is 8.56. The fourth-order valence-electron chi connectivity index (χ4n) is 2.03. The third-order valence-electron chi connectivity index (χ3n) is 3.10. The fourth-order valence-corrected chi connectivity index (χ4v) is 2.03. The number of nitrogens with two attached hydrogens (primary N) is 1. The van der Waals surface area contributed by atoms with Gasteiger partial charge in [0.1, 0.15) is 11.9 Å². The number of nitrogens with zero attached hydrogens (tertiary/aromatic N) is 2. The molecule has 1 rings (SSSR count). The Balaban J connectivity index is 2.57. The Hall–Kier alpha value is -1.30. The summed E-state index contributed by atoms with van der Waals surface area (Å²) in [5.41, 5.74) is 5.43. The van der Waals surface area contributed by atoms with Crippen LogP contribution in [0.1, 0.15) is 39.5 Å². The van der Waals surface area contributed by atoms with E-state index >= 15 is 0 Å². The average molecular weight is 257 g/mol. The van der Waals surface area contributed by atoms with Gasteiger partial charge in [0.05, 0.1) is 0 Å². The SMILES string of the molecule is CC(C)N(CCC(N)=NO)C(=O)C1CCCCO1. The summed E-state index contributed by atoms with van der Waals surface area (Å²) >= 11 is 0. The van der Waals surface area contributed by atoms with Crippen molar-refractivity contribution in [3.63, 3.8) is 0 Å². The molecule has 6 nitrogen and oxygen atoms in total. The highest BCUT2D eigenvalue weighted by Crippen LogP contribution is 2.16. The lowest BCUT2D eigenvalue weighted by atomic mass is 10.1. The summed E-state index contributed by atoms with van der Waals surface area (Å²) in [4.78, 5) is 14.0. The predicted octanol–water partition coefficient (Wildman–Crippen LogP) is 0.929. The third-order valence-corrected chi connectivity index (χ3v) is 3.10. The van der Waals surface area contributed by atoms with Crippen molar-refractivity contribution >= 4 is 11.7 Å². The van der Waals surface area contributed by atoms with Crippen LogP contribution in [0.5, 0.6) is 0 Å². The van der Waals surface area contributed by atoms with E-state index in [-0.39, 0.29) is 23.9 Å². The first-order valence-corrected chi connectivity index (χ1v) is 6.44. The van der Waals surface area contributed by atoms with Crippen LogP contribution in [0.4, 0.5) is 0 Å². The Morgan fingerprint density at radius 2 is 2.28 bits per heavy atom. The van der Waals surface area contributed by atoms with Crippen LogP contribution in [0.15, 0.2) is 5.16 Å². The van der Waals surface area contributed by atoms with Crippen molar-refractivity contribution in [1.29, 1.82) is 0 Å². The van der Waals surface area contributed by atoms with Gasteiger partial charge in [-0.25, -0.2) is 0 Å². The van der Waals surface area contributed by atoms with Gasteiger partial charge in [0.25, 0.3) is 5.91 Å². The van der Waals surface area contributed by atoms with Crippen molar-refractivity contribution in [2.75, 3.05) is 13.2 Å². The van der Waals surface area contributed by atoms with Crippen LogP contribution < -0.4 is 5.73 Å². The minimum Gasteiger partial charge on any atom is -0.409 e. The van der Waals surface area contributed by atoms with Crippen LogP contribution in [-0.2, 0) is 9.53 Å². The van der Waals surface area contributed by atoms with Crippen molar-refractivity contribution < 1.29 is 14.7 Å². The lowest BCUT2D eigenvalue weighted by Gasteiger charge is -2.32. The van der Waals surface area contributed by atoms with Gasteiger partial charge in [-0.1, -0.05) is 5.16 Å². The van der Waals surface area contributed by atoms with E-state index in [1.165, 1.54) is 0 Å². The summed E-state index contributed by atoms with van der Waals surface area (Å²) < 4.78 is 5.50. The molecule has 0 aromatic heterocycles. The molecule has 1 fully saturated rings. The van der Waals surface area contributed by atoms with E-state index in [9.17, 15) is 4.79 Å². The van der Waals surface area contributed by atoms with Gasteiger partial charge in [0, 0.05) is 25.6 Å². The number of hydrogen-bond donors (Lipinski definition) is 2. The summed E-state index contributed by atoms with van der Waals surface area (Å²) in [6.45, 7) is 5.01. The molecular weight excluding hydrogens is 234 g/mol. The number of amidine groups is 1. The highest BCUT2D eigenvalue weighted by atomic mass is 16.5. The smallest absolute Gasteiger partial charge is 0.251 e. The zero-order valence-electron chi connectivity index (χ0n) is 11.1. The monoisotopic (exact) mass is 257 g/mol. The molecule has 0 aliphatic carbocycles. The molecule has 0 bridgehead atoms. The molecule has 0 radical (unpaired) electrons. The molecule has 104 valence electrons. The summed E-state index contributed by atoms with van der Waals surface area (Å²) in [5.74, 6) is 0.147. The standard InChI is InChI=1S/C12H23N3O3/c1-9(2)15(7-6-11(13)14-17)12(16)10-5-3-4-8-18-10/h9-10,17H,3-8H2,1-2H3,(H2,13,14). The zero-order chi connectivity index (χ0) is 13.5. The van der Waals surface area contributed by atoms with Gasteiger partial charge in [-0.3, -0.25) is 4.79 Å². The highest BCUT2D eigenvalue weighted by molar-refractivity contribution is 5.83. The number of carbonyl (C=O) groups excluding carboxylic acids is 1. The van der Waals surface area contributed by atoms with Crippen LogP contribution in [0.25, 0.3) is 0 Å². The van der Waals surface area contributed by atoms with E-state index in [0.717, 1.165) is 19.3 Å². The molecule has 0 aromatic rings. The van der Waals surface area contributed by atoms with Crippen LogP contribution >= 0.6 is 0 Å². The van der Waals surface area contributed by atoms with Crippen molar-refractivity contribution in [1.82, 2.24) is 4.90 Å². The predicted molar refractivity (Wildman–Crippen MR) is 68.5 cm³/mol. The summed E-state index contributed by atoms with van der Waals surface area (Å²) in [7, 11) is 0. The van der Waals surface area contributed by atoms with Crippen LogP contribution in [-0.4, -0.2) is 47.1 Å². The molecule has 0 saturated carbocycles. The molecule has 1 aliphatic rings. The van der Waals surface area contributed by atoms with Gasteiger partial charge in [-0.2, -0.15) is 0 Å². The minimum atomic E-state index is -0.326. The highest BCUT2D eigenvalue weighted by Gasteiger charge is 2.28. The van der Waals surface area contributed by atoms with E-state index in [1.54, 1.807) is 4.90 Å². The molecule has 3 N–H and O–H groups in total. The Kier molecular flexibility index (Phi) is 5.91. The molecule has 6 heteroatoms. The average Bonchev–Trinajstić information content (AvgIpc) is 2.39. The van der Waals surface area contributed by atoms with E-state index in [0.29, 0.717) is 19.6 Å². The van der Waals surface area contributed by atoms with Crippen molar-refractivity contribution in [2.24, 2.45) is 10.9 Å². The molecule has 18 heavy (non-hydrogen) atoms. The quantitative estimate of drug-likeness (QED) is 0.332. The Morgan fingerprint density at radius 1 is 1.56 bits per heavy atom. The van der Waals surface area contributed by atoms with Crippen LogP contribution in [0, 0.1) is 0 Å². The summed E-state index contributed by atoms with van der Waals surface area (Å²) in [6, 6.07) is 0.0783. The largest absolute Gasteiger partial charge is 0.409 e. The second-order valence-electron chi connectivity index (χ2n) is 4.82. The maximum atomic E-state index is 12.3. The number of oxime groups is 1. The van der Waals surface area contributed by atoms with Crippen LogP contribution in [0.2, 0.25) is 0 Å². The second-order valence-corrected chi connectivity index (χ2v) is 4.82. The second kappa shape index (κ2) is 7.20. The van der Waals surface area contributed by atoms with Gasteiger partial charge in [0.2, 0.25) is 0 Å². The normalized spacial score (nSPS) is 21.1. The van der Waals surface area contributed by atoms with E-state index in [2.05, 4.69) is 5.16 Å². The molecule has 0 spiro atoms.